The van der Waals surface area contributed by atoms with E-state index in [1.165, 1.54) is 0 Å². The van der Waals surface area contributed by atoms with Crippen molar-refractivity contribution in [1.29, 1.82) is 0 Å². The van der Waals surface area contributed by atoms with Gasteiger partial charge in [0.15, 0.2) is 0 Å². The highest BCUT2D eigenvalue weighted by Gasteiger charge is 2.01. The van der Waals surface area contributed by atoms with Gasteiger partial charge in [-0.1, -0.05) is 30.7 Å². The smallest absolute Gasteiger partial charge is 0.137 e. The van der Waals surface area contributed by atoms with Crippen molar-refractivity contribution < 1.29 is 9.47 Å². The summed E-state index contributed by atoms with van der Waals surface area (Å²) in [6.07, 6.45) is 1.24. The lowest BCUT2D eigenvalue weighted by molar-refractivity contribution is 0.217. The molecule has 0 heterocycles. The van der Waals surface area contributed by atoms with Crippen LogP contribution in [-0.4, -0.2) is 19.3 Å². The third-order valence-corrected chi connectivity index (χ3v) is 3.60. The first kappa shape index (κ1) is 16.5. The van der Waals surface area contributed by atoms with Gasteiger partial charge in [-0.25, -0.2) is 0 Å². The van der Waals surface area contributed by atoms with E-state index >= 15 is 0 Å². The van der Waals surface area contributed by atoms with Gasteiger partial charge in [0.25, 0.3) is 0 Å². The molecule has 1 N–H and O–H groups in total. The Hall–Kier alpha value is -1.87. The minimum atomic E-state index is 0.239. The average Bonchev–Trinajstić information content (AvgIpc) is 2.54. The molecule has 3 nitrogen and oxygen atoms in total. The molecule has 4 heteroatoms. The zero-order valence-electron chi connectivity index (χ0n) is 13.0. The van der Waals surface area contributed by atoms with Crippen LogP contribution < -0.4 is 14.8 Å². The number of ether oxygens (including phenoxy) is 2. The second-order valence-corrected chi connectivity index (χ2v) is 5.47. The molecule has 2 aromatic carbocycles. The van der Waals surface area contributed by atoms with Crippen molar-refractivity contribution in [2.24, 2.45) is 0 Å². The molecule has 0 saturated heterocycles. The van der Waals surface area contributed by atoms with E-state index in [2.05, 4.69) is 19.2 Å². The lowest BCUT2D eigenvalue weighted by Gasteiger charge is -2.13. The fraction of sp³-hybridized carbons (Fsp3) is 0.333. The zero-order valence-corrected chi connectivity index (χ0v) is 13.8. The van der Waals surface area contributed by atoms with Gasteiger partial charge in [-0.3, -0.25) is 0 Å². The number of hydrogen-bond acceptors (Lipinski definition) is 3. The molecule has 1 atom stereocenters. The fourth-order valence-electron chi connectivity index (χ4n) is 1.89. The summed E-state index contributed by atoms with van der Waals surface area (Å²) in [5, 5.41) is 3.94. The first-order valence-corrected chi connectivity index (χ1v) is 7.94. The van der Waals surface area contributed by atoms with Crippen molar-refractivity contribution in [1.82, 2.24) is 0 Å². The highest BCUT2D eigenvalue weighted by molar-refractivity contribution is 6.32. The van der Waals surface area contributed by atoms with Crippen molar-refractivity contribution in [3.8, 4) is 11.5 Å². The van der Waals surface area contributed by atoms with E-state index in [9.17, 15) is 0 Å². The predicted octanol–water partition coefficient (Wildman–Crippen LogP) is 5.01. The molecule has 0 aliphatic heterocycles. The second-order valence-electron chi connectivity index (χ2n) is 5.07. The molecule has 2 aromatic rings. The summed E-state index contributed by atoms with van der Waals surface area (Å²) in [6, 6.07) is 15.4. The topological polar surface area (TPSA) is 30.5 Å². The van der Waals surface area contributed by atoms with Crippen molar-refractivity contribution in [2.75, 3.05) is 18.5 Å². The van der Waals surface area contributed by atoms with E-state index in [1.807, 2.05) is 48.5 Å². The fourth-order valence-corrected chi connectivity index (χ4v) is 2.08. The van der Waals surface area contributed by atoms with Crippen LogP contribution in [0.25, 0.3) is 0 Å². The summed E-state index contributed by atoms with van der Waals surface area (Å²) < 4.78 is 11.4. The Balaban J connectivity index is 1.74. The van der Waals surface area contributed by atoms with Crippen molar-refractivity contribution in [3.05, 3.63) is 53.6 Å². The molecular formula is C18H22ClNO2. The minimum absolute atomic E-state index is 0.239. The molecule has 0 aliphatic carbocycles. The van der Waals surface area contributed by atoms with Gasteiger partial charge < -0.3 is 14.8 Å². The SMILES string of the molecule is CC[C@H](C)Oc1ccc(NCCOc2ccccc2Cl)cc1. The van der Waals surface area contributed by atoms with Crippen LogP contribution in [0.4, 0.5) is 5.69 Å². The van der Waals surface area contributed by atoms with E-state index in [4.69, 9.17) is 21.1 Å². The van der Waals surface area contributed by atoms with Crippen LogP contribution in [0.1, 0.15) is 20.3 Å². The highest BCUT2D eigenvalue weighted by atomic mass is 35.5. The van der Waals surface area contributed by atoms with E-state index in [-0.39, 0.29) is 6.10 Å². The number of hydrogen-bond donors (Lipinski definition) is 1. The van der Waals surface area contributed by atoms with Crippen LogP contribution in [0.2, 0.25) is 5.02 Å². The molecule has 0 fully saturated rings. The lowest BCUT2D eigenvalue weighted by atomic mass is 10.3. The van der Waals surface area contributed by atoms with E-state index in [1.54, 1.807) is 0 Å². The Morgan fingerprint density at radius 3 is 2.50 bits per heavy atom. The van der Waals surface area contributed by atoms with Crippen LogP contribution in [-0.2, 0) is 0 Å². The van der Waals surface area contributed by atoms with Crippen LogP contribution in [0.5, 0.6) is 11.5 Å². The quantitative estimate of drug-likeness (QED) is 0.694. The van der Waals surface area contributed by atoms with Gasteiger partial charge in [0.05, 0.1) is 11.1 Å². The second kappa shape index (κ2) is 8.54. The zero-order chi connectivity index (χ0) is 15.8. The summed E-state index contributed by atoms with van der Waals surface area (Å²) in [5.41, 5.74) is 1.04. The van der Waals surface area contributed by atoms with Crippen molar-refractivity contribution in [3.63, 3.8) is 0 Å². The largest absolute Gasteiger partial charge is 0.491 e. The number of nitrogens with one attached hydrogen (secondary N) is 1. The van der Waals surface area contributed by atoms with Crippen molar-refractivity contribution in [2.45, 2.75) is 26.4 Å². The number of anilines is 1. The van der Waals surface area contributed by atoms with E-state index < -0.39 is 0 Å². The maximum absolute atomic E-state index is 6.03. The summed E-state index contributed by atoms with van der Waals surface area (Å²) in [6.45, 7) is 5.43. The van der Waals surface area contributed by atoms with Gasteiger partial charge in [-0.15, -0.1) is 0 Å². The predicted molar refractivity (Wildman–Crippen MR) is 92.3 cm³/mol. The first-order chi connectivity index (χ1) is 10.7. The Labute approximate surface area is 137 Å². The average molecular weight is 320 g/mol. The third kappa shape index (κ3) is 5.15. The minimum Gasteiger partial charge on any atom is -0.491 e. The van der Waals surface area contributed by atoms with Crippen LogP contribution >= 0.6 is 11.6 Å². The Bertz CT molecular complexity index is 572. The normalized spacial score (nSPS) is 11.8. The van der Waals surface area contributed by atoms with Gasteiger partial charge in [-0.05, 0) is 49.7 Å². The van der Waals surface area contributed by atoms with Gasteiger partial charge in [0.2, 0.25) is 0 Å². The molecule has 0 saturated carbocycles. The van der Waals surface area contributed by atoms with Gasteiger partial charge in [-0.2, -0.15) is 0 Å². The molecule has 0 amide bonds. The Kier molecular flexibility index (Phi) is 6.41. The molecule has 22 heavy (non-hydrogen) atoms. The summed E-state index contributed by atoms with van der Waals surface area (Å²) in [7, 11) is 0. The van der Waals surface area contributed by atoms with E-state index in [0.717, 1.165) is 17.9 Å². The monoisotopic (exact) mass is 319 g/mol. The van der Waals surface area contributed by atoms with Gasteiger partial charge >= 0.3 is 0 Å². The number of rotatable bonds is 8. The molecule has 0 unspecified atom stereocenters. The van der Waals surface area contributed by atoms with Crippen molar-refractivity contribution >= 4 is 17.3 Å². The van der Waals surface area contributed by atoms with Crippen LogP contribution in [0, 0.1) is 0 Å². The molecule has 0 aliphatic rings. The van der Waals surface area contributed by atoms with Crippen LogP contribution in [0.15, 0.2) is 48.5 Å². The van der Waals surface area contributed by atoms with Gasteiger partial charge in [0, 0.05) is 12.2 Å². The number of halogens is 1. The lowest BCUT2D eigenvalue weighted by Crippen LogP contribution is -2.12. The standard InChI is InChI=1S/C18H22ClNO2/c1-3-14(2)22-16-10-8-15(9-11-16)20-12-13-21-18-7-5-4-6-17(18)19/h4-11,14,20H,3,12-13H2,1-2H3/t14-/m0/s1. The maximum atomic E-state index is 6.03. The summed E-state index contributed by atoms with van der Waals surface area (Å²) in [4.78, 5) is 0. The molecule has 0 spiro atoms. The summed E-state index contributed by atoms with van der Waals surface area (Å²) in [5.74, 6) is 1.61. The first-order valence-electron chi connectivity index (χ1n) is 7.57. The third-order valence-electron chi connectivity index (χ3n) is 3.29. The molecule has 2 rings (SSSR count). The number of benzene rings is 2. The molecular weight excluding hydrogens is 298 g/mol. The Morgan fingerprint density at radius 1 is 1.09 bits per heavy atom. The Morgan fingerprint density at radius 2 is 1.82 bits per heavy atom. The molecule has 0 bridgehead atoms. The molecule has 0 aromatic heterocycles. The number of para-hydroxylation sites is 1. The molecule has 118 valence electrons. The highest BCUT2D eigenvalue weighted by Crippen LogP contribution is 2.23. The summed E-state index contributed by atoms with van der Waals surface area (Å²) >= 11 is 6.03. The van der Waals surface area contributed by atoms with Crippen LogP contribution in [0.3, 0.4) is 0 Å². The maximum Gasteiger partial charge on any atom is 0.137 e. The van der Waals surface area contributed by atoms with E-state index in [0.29, 0.717) is 23.9 Å². The van der Waals surface area contributed by atoms with Gasteiger partial charge in [0.1, 0.15) is 18.1 Å². The molecule has 0 radical (unpaired) electrons.